The molecular formula is C14H16ClN3. The van der Waals surface area contributed by atoms with Gasteiger partial charge in [-0.05, 0) is 37.6 Å². The molecule has 0 aliphatic carbocycles. The van der Waals surface area contributed by atoms with Gasteiger partial charge in [-0.3, -0.25) is 0 Å². The summed E-state index contributed by atoms with van der Waals surface area (Å²) >= 11 is 6.15. The zero-order valence-electron chi connectivity index (χ0n) is 10.5. The maximum atomic E-state index is 6.15. The van der Waals surface area contributed by atoms with Crippen LogP contribution in [0.25, 0.3) is 0 Å². The first kappa shape index (κ1) is 12.7. The Hall–Kier alpha value is -1.74. The van der Waals surface area contributed by atoms with Gasteiger partial charge in [-0.15, -0.1) is 0 Å². The highest BCUT2D eigenvalue weighted by Crippen LogP contribution is 2.26. The SMILES string of the molecule is CCNc1cc(Nc2cc(C)ccc2Cl)ccn1. The van der Waals surface area contributed by atoms with Gasteiger partial charge in [0.2, 0.25) is 0 Å². The van der Waals surface area contributed by atoms with E-state index in [0.717, 1.165) is 23.7 Å². The lowest BCUT2D eigenvalue weighted by Crippen LogP contribution is -2.00. The summed E-state index contributed by atoms with van der Waals surface area (Å²) in [5.41, 5.74) is 3.04. The Morgan fingerprint density at radius 1 is 1.22 bits per heavy atom. The molecule has 0 bridgehead atoms. The quantitative estimate of drug-likeness (QED) is 0.865. The number of hydrogen-bond donors (Lipinski definition) is 2. The Bertz CT molecular complexity index is 540. The van der Waals surface area contributed by atoms with Crippen LogP contribution >= 0.6 is 11.6 Å². The summed E-state index contributed by atoms with van der Waals surface area (Å²) in [6.07, 6.45) is 1.77. The van der Waals surface area contributed by atoms with Crippen LogP contribution in [0.15, 0.2) is 36.5 Å². The first-order valence-corrected chi connectivity index (χ1v) is 6.30. The van der Waals surface area contributed by atoms with Gasteiger partial charge in [0.25, 0.3) is 0 Å². The van der Waals surface area contributed by atoms with Crippen LogP contribution in [-0.2, 0) is 0 Å². The second kappa shape index (κ2) is 5.74. The number of nitrogens with one attached hydrogen (secondary N) is 2. The van der Waals surface area contributed by atoms with E-state index in [-0.39, 0.29) is 0 Å². The van der Waals surface area contributed by atoms with Crippen LogP contribution in [0.5, 0.6) is 0 Å². The van der Waals surface area contributed by atoms with Crippen molar-refractivity contribution in [1.29, 1.82) is 0 Å². The first-order valence-electron chi connectivity index (χ1n) is 5.92. The van der Waals surface area contributed by atoms with Crippen LogP contribution in [0.2, 0.25) is 5.02 Å². The molecule has 0 radical (unpaired) electrons. The summed E-state index contributed by atoms with van der Waals surface area (Å²) < 4.78 is 0. The van der Waals surface area contributed by atoms with Gasteiger partial charge in [0.15, 0.2) is 0 Å². The van der Waals surface area contributed by atoms with Gasteiger partial charge in [0.1, 0.15) is 5.82 Å². The van der Waals surface area contributed by atoms with E-state index in [1.54, 1.807) is 6.20 Å². The average molecular weight is 262 g/mol. The molecular weight excluding hydrogens is 246 g/mol. The minimum atomic E-state index is 0.711. The first-order chi connectivity index (χ1) is 8.69. The molecule has 1 heterocycles. The summed E-state index contributed by atoms with van der Waals surface area (Å²) in [5, 5.41) is 7.19. The molecule has 1 aromatic carbocycles. The number of pyridine rings is 1. The minimum absolute atomic E-state index is 0.711. The summed E-state index contributed by atoms with van der Waals surface area (Å²) in [4.78, 5) is 4.23. The number of aryl methyl sites for hydroxylation is 1. The fourth-order valence-corrected chi connectivity index (χ4v) is 1.84. The molecule has 0 unspecified atom stereocenters. The number of halogens is 1. The van der Waals surface area contributed by atoms with E-state index in [4.69, 9.17) is 11.6 Å². The normalized spacial score (nSPS) is 10.2. The molecule has 2 rings (SSSR count). The Morgan fingerprint density at radius 2 is 2.06 bits per heavy atom. The number of rotatable bonds is 4. The Labute approximate surface area is 112 Å². The van der Waals surface area contributed by atoms with Crippen molar-refractivity contribution in [3.63, 3.8) is 0 Å². The van der Waals surface area contributed by atoms with Crippen molar-refractivity contribution in [2.75, 3.05) is 17.2 Å². The highest BCUT2D eigenvalue weighted by atomic mass is 35.5. The van der Waals surface area contributed by atoms with Crippen LogP contribution in [0.1, 0.15) is 12.5 Å². The van der Waals surface area contributed by atoms with Crippen molar-refractivity contribution in [2.45, 2.75) is 13.8 Å². The molecule has 2 N–H and O–H groups in total. The number of aromatic nitrogens is 1. The van der Waals surface area contributed by atoms with Crippen LogP contribution < -0.4 is 10.6 Å². The number of benzene rings is 1. The van der Waals surface area contributed by atoms with Crippen molar-refractivity contribution in [3.8, 4) is 0 Å². The molecule has 2 aromatic rings. The van der Waals surface area contributed by atoms with Gasteiger partial charge in [0.05, 0.1) is 10.7 Å². The fraction of sp³-hybridized carbons (Fsp3) is 0.214. The lowest BCUT2D eigenvalue weighted by Gasteiger charge is -2.10. The van der Waals surface area contributed by atoms with Gasteiger partial charge in [-0.1, -0.05) is 17.7 Å². The van der Waals surface area contributed by atoms with E-state index in [1.165, 1.54) is 5.56 Å². The van der Waals surface area contributed by atoms with Crippen molar-refractivity contribution >= 4 is 28.8 Å². The zero-order valence-corrected chi connectivity index (χ0v) is 11.3. The second-order valence-corrected chi connectivity index (χ2v) is 4.48. The van der Waals surface area contributed by atoms with Crippen LogP contribution in [0.4, 0.5) is 17.2 Å². The van der Waals surface area contributed by atoms with E-state index in [9.17, 15) is 0 Å². The van der Waals surface area contributed by atoms with Gasteiger partial charge in [-0.2, -0.15) is 0 Å². The van der Waals surface area contributed by atoms with E-state index in [0.29, 0.717) is 5.02 Å². The Morgan fingerprint density at radius 3 is 2.83 bits per heavy atom. The molecule has 18 heavy (non-hydrogen) atoms. The topological polar surface area (TPSA) is 37.0 Å². The van der Waals surface area contributed by atoms with Gasteiger partial charge >= 0.3 is 0 Å². The molecule has 0 aliphatic heterocycles. The molecule has 1 aromatic heterocycles. The maximum Gasteiger partial charge on any atom is 0.127 e. The molecule has 4 heteroatoms. The van der Waals surface area contributed by atoms with E-state index >= 15 is 0 Å². The van der Waals surface area contributed by atoms with Gasteiger partial charge in [-0.25, -0.2) is 4.98 Å². The standard InChI is InChI=1S/C14H16ClN3/c1-3-16-14-9-11(6-7-17-14)18-13-8-10(2)4-5-12(13)15/h4-9H,3H2,1-2H3,(H2,16,17,18). The molecule has 0 saturated heterocycles. The van der Waals surface area contributed by atoms with Crippen LogP contribution in [-0.4, -0.2) is 11.5 Å². The lowest BCUT2D eigenvalue weighted by molar-refractivity contribution is 1.16. The van der Waals surface area contributed by atoms with Crippen molar-refractivity contribution in [2.24, 2.45) is 0 Å². The van der Waals surface area contributed by atoms with Crippen LogP contribution in [0.3, 0.4) is 0 Å². The average Bonchev–Trinajstić information content (AvgIpc) is 2.35. The van der Waals surface area contributed by atoms with Gasteiger partial charge in [0, 0.05) is 24.5 Å². The lowest BCUT2D eigenvalue weighted by atomic mass is 10.2. The summed E-state index contributed by atoms with van der Waals surface area (Å²) in [6.45, 7) is 4.93. The molecule has 0 saturated carbocycles. The summed E-state index contributed by atoms with van der Waals surface area (Å²) in [7, 11) is 0. The highest BCUT2D eigenvalue weighted by Gasteiger charge is 2.02. The number of anilines is 3. The molecule has 3 nitrogen and oxygen atoms in total. The third-order valence-electron chi connectivity index (χ3n) is 2.52. The Kier molecular flexibility index (Phi) is 4.05. The smallest absolute Gasteiger partial charge is 0.127 e. The molecule has 0 aliphatic rings. The minimum Gasteiger partial charge on any atom is -0.370 e. The summed E-state index contributed by atoms with van der Waals surface area (Å²) in [5.74, 6) is 0.853. The highest BCUT2D eigenvalue weighted by molar-refractivity contribution is 6.33. The predicted octanol–water partition coefficient (Wildman–Crippen LogP) is 4.22. The van der Waals surface area contributed by atoms with Crippen LogP contribution in [0, 0.1) is 6.92 Å². The number of hydrogen-bond acceptors (Lipinski definition) is 3. The predicted molar refractivity (Wildman–Crippen MR) is 77.9 cm³/mol. The molecule has 0 atom stereocenters. The summed E-state index contributed by atoms with van der Waals surface area (Å²) in [6, 6.07) is 9.78. The molecule has 0 spiro atoms. The second-order valence-electron chi connectivity index (χ2n) is 4.07. The van der Waals surface area contributed by atoms with Gasteiger partial charge < -0.3 is 10.6 Å². The monoisotopic (exact) mass is 261 g/mol. The fourth-order valence-electron chi connectivity index (χ4n) is 1.68. The Balaban J connectivity index is 2.22. The van der Waals surface area contributed by atoms with E-state index in [1.807, 2.05) is 44.2 Å². The zero-order chi connectivity index (χ0) is 13.0. The maximum absolute atomic E-state index is 6.15. The molecule has 0 amide bonds. The third kappa shape index (κ3) is 3.14. The largest absolute Gasteiger partial charge is 0.370 e. The molecule has 0 fully saturated rings. The molecule has 94 valence electrons. The van der Waals surface area contributed by atoms with E-state index in [2.05, 4.69) is 15.6 Å². The third-order valence-corrected chi connectivity index (χ3v) is 2.85. The van der Waals surface area contributed by atoms with E-state index < -0.39 is 0 Å². The van der Waals surface area contributed by atoms with Crippen molar-refractivity contribution in [3.05, 3.63) is 47.1 Å². The van der Waals surface area contributed by atoms with Crippen molar-refractivity contribution in [1.82, 2.24) is 4.98 Å². The van der Waals surface area contributed by atoms with Crippen molar-refractivity contribution < 1.29 is 0 Å². The number of nitrogens with zero attached hydrogens (tertiary/aromatic N) is 1.